The Morgan fingerprint density at radius 1 is 1.31 bits per heavy atom. The summed E-state index contributed by atoms with van der Waals surface area (Å²) >= 11 is 1.65. The van der Waals surface area contributed by atoms with Gasteiger partial charge < -0.3 is 10.6 Å². The number of amides is 1. The van der Waals surface area contributed by atoms with E-state index >= 15 is 0 Å². The third kappa shape index (κ3) is 4.32. The topological polar surface area (TPSA) is 84.3 Å². The lowest BCUT2D eigenvalue weighted by Gasteiger charge is -2.26. The molecule has 0 fully saturated rings. The lowest BCUT2D eigenvalue weighted by Crippen LogP contribution is -2.31. The summed E-state index contributed by atoms with van der Waals surface area (Å²) in [7, 11) is 0. The lowest BCUT2D eigenvalue weighted by molar-refractivity contribution is -0.384. The van der Waals surface area contributed by atoms with Gasteiger partial charge in [0, 0.05) is 29.7 Å². The summed E-state index contributed by atoms with van der Waals surface area (Å²) in [4.78, 5) is 23.7. The van der Waals surface area contributed by atoms with Crippen molar-refractivity contribution in [2.75, 3.05) is 17.6 Å². The number of halogens is 1. The smallest absolute Gasteiger partial charge is 0.292 e. The van der Waals surface area contributed by atoms with Crippen LogP contribution in [0.25, 0.3) is 0 Å². The number of anilines is 1. The Hall–Kier alpha value is -2.61. The van der Waals surface area contributed by atoms with Crippen molar-refractivity contribution in [2.24, 2.45) is 0 Å². The Morgan fingerprint density at radius 3 is 2.92 bits per heavy atom. The molecule has 1 aliphatic heterocycles. The summed E-state index contributed by atoms with van der Waals surface area (Å²) in [6.07, 6.45) is 0.908. The van der Waals surface area contributed by atoms with Crippen LogP contribution >= 0.6 is 11.8 Å². The number of nitro benzene ring substituents is 1. The molecule has 8 heteroatoms. The van der Waals surface area contributed by atoms with Crippen molar-refractivity contribution >= 4 is 29.0 Å². The van der Waals surface area contributed by atoms with Gasteiger partial charge in [-0.15, -0.1) is 11.8 Å². The van der Waals surface area contributed by atoms with Crippen LogP contribution in [0.3, 0.4) is 0 Å². The molecule has 3 rings (SSSR count). The first-order valence-corrected chi connectivity index (χ1v) is 9.22. The number of carbonyl (C=O) groups excluding carboxylic acids is 1. The molecule has 1 aliphatic rings. The molecular weight excluding hydrogens is 357 g/mol. The van der Waals surface area contributed by atoms with Crippen LogP contribution < -0.4 is 10.6 Å². The second-order valence-electron chi connectivity index (χ2n) is 5.89. The van der Waals surface area contributed by atoms with Crippen LogP contribution in [-0.2, 0) is 4.79 Å². The highest BCUT2D eigenvalue weighted by atomic mass is 32.2. The molecule has 1 unspecified atom stereocenters. The normalized spacial score (nSPS) is 15.8. The number of rotatable bonds is 6. The Labute approximate surface area is 154 Å². The van der Waals surface area contributed by atoms with Gasteiger partial charge in [0.1, 0.15) is 11.5 Å². The Balaban J connectivity index is 1.56. The van der Waals surface area contributed by atoms with Crippen LogP contribution in [0.2, 0.25) is 0 Å². The molecule has 136 valence electrons. The Kier molecular flexibility index (Phi) is 5.72. The van der Waals surface area contributed by atoms with Crippen LogP contribution in [0.4, 0.5) is 15.8 Å². The minimum atomic E-state index is -0.465. The molecule has 2 aromatic rings. The minimum absolute atomic E-state index is 0.0263. The van der Waals surface area contributed by atoms with E-state index in [0.717, 1.165) is 22.6 Å². The average Bonchev–Trinajstić information content (AvgIpc) is 2.62. The van der Waals surface area contributed by atoms with Crippen molar-refractivity contribution in [1.82, 2.24) is 5.32 Å². The van der Waals surface area contributed by atoms with E-state index in [2.05, 4.69) is 10.6 Å². The van der Waals surface area contributed by atoms with Gasteiger partial charge >= 0.3 is 0 Å². The monoisotopic (exact) mass is 375 g/mol. The van der Waals surface area contributed by atoms with Gasteiger partial charge in [0.25, 0.3) is 5.69 Å². The maximum absolute atomic E-state index is 13.5. The molecule has 1 heterocycles. The van der Waals surface area contributed by atoms with E-state index in [0.29, 0.717) is 5.69 Å². The molecule has 1 atom stereocenters. The van der Waals surface area contributed by atoms with Gasteiger partial charge in [-0.05, 0) is 36.2 Å². The number of hydrogen-bond acceptors (Lipinski definition) is 5. The quantitative estimate of drug-likeness (QED) is 0.591. The molecule has 0 bridgehead atoms. The molecule has 0 aliphatic carbocycles. The van der Waals surface area contributed by atoms with Crippen LogP contribution in [0, 0.1) is 15.9 Å². The van der Waals surface area contributed by atoms with E-state index in [4.69, 9.17) is 0 Å². The van der Waals surface area contributed by atoms with Gasteiger partial charge in [-0.25, -0.2) is 4.39 Å². The maximum atomic E-state index is 13.5. The minimum Gasteiger partial charge on any atom is -0.379 e. The van der Waals surface area contributed by atoms with Crippen molar-refractivity contribution in [3.05, 3.63) is 64.0 Å². The zero-order chi connectivity index (χ0) is 18.5. The fraction of sp³-hybridized carbons (Fsp3) is 0.278. The lowest BCUT2D eigenvalue weighted by atomic mass is 10.0. The zero-order valence-electron chi connectivity index (χ0n) is 13.9. The molecule has 2 N–H and O–H groups in total. The third-order valence-electron chi connectivity index (χ3n) is 4.11. The van der Waals surface area contributed by atoms with Crippen LogP contribution in [0.1, 0.15) is 24.4 Å². The van der Waals surface area contributed by atoms with Crippen LogP contribution in [-0.4, -0.2) is 23.1 Å². The molecular formula is C18H18FN3O3S. The highest BCUT2D eigenvalue weighted by Gasteiger charge is 2.22. The van der Waals surface area contributed by atoms with Gasteiger partial charge in [0.2, 0.25) is 5.91 Å². The number of fused-ring (bicyclic) bond motifs is 1. The maximum Gasteiger partial charge on any atom is 0.292 e. The highest BCUT2D eigenvalue weighted by molar-refractivity contribution is 7.99. The Morgan fingerprint density at radius 2 is 2.12 bits per heavy atom. The first kappa shape index (κ1) is 18.2. The number of benzene rings is 2. The number of nitro groups is 1. The second kappa shape index (κ2) is 8.18. The van der Waals surface area contributed by atoms with E-state index in [1.807, 2.05) is 0 Å². The average molecular weight is 375 g/mol. The summed E-state index contributed by atoms with van der Waals surface area (Å²) in [6.45, 7) is 0.272. The molecule has 0 saturated carbocycles. The van der Waals surface area contributed by atoms with E-state index in [-0.39, 0.29) is 36.4 Å². The predicted octanol–water partition coefficient (Wildman–Crippen LogP) is 3.89. The summed E-state index contributed by atoms with van der Waals surface area (Å²) in [5, 5.41) is 16.8. The standard InChI is InChI=1S/C18H18FN3O3S/c19-12-5-6-17-13(11-12)14(8-10-26-17)21-18(23)7-9-20-15-3-1-2-4-16(15)22(24)25/h1-6,11,14,20H,7-10H2,(H,21,23). The molecule has 0 saturated heterocycles. The summed E-state index contributed by atoms with van der Waals surface area (Å²) < 4.78 is 13.5. The van der Waals surface area contributed by atoms with Crippen LogP contribution in [0.15, 0.2) is 47.4 Å². The van der Waals surface area contributed by atoms with Gasteiger partial charge in [0.05, 0.1) is 11.0 Å². The molecule has 6 nitrogen and oxygen atoms in total. The van der Waals surface area contributed by atoms with E-state index in [9.17, 15) is 19.3 Å². The van der Waals surface area contributed by atoms with Crippen molar-refractivity contribution in [3.63, 3.8) is 0 Å². The van der Waals surface area contributed by atoms with Crippen molar-refractivity contribution in [1.29, 1.82) is 0 Å². The number of carbonyl (C=O) groups is 1. The first-order valence-electron chi connectivity index (χ1n) is 8.23. The van der Waals surface area contributed by atoms with Gasteiger partial charge in [0.15, 0.2) is 0 Å². The van der Waals surface area contributed by atoms with Gasteiger partial charge in [-0.1, -0.05) is 12.1 Å². The van der Waals surface area contributed by atoms with Crippen LogP contribution in [0.5, 0.6) is 0 Å². The van der Waals surface area contributed by atoms with Crippen molar-refractivity contribution in [2.45, 2.75) is 23.8 Å². The number of hydrogen-bond donors (Lipinski definition) is 2. The fourth-order valence-corrected chi connectivity index (χ4v) is 3.98. The summed E-state index contributed by atoms with van der Waals surface area (Å²) in [5.74, 6) is 0.365. The van der Waals surface area contributed by atoms with Crippen molar-refractivity contribution < 1.29 is 14.1 Å². The van der Waals surface area contributed by atoms with Gasteiger partial charge in [-0.2, -0.15) is 0 Å². The third-order valence-corrected chi connectivity index (χ3v) is 5.24. The molecule has 0 spiro atoms. The molecule has 26 heavy (non-hydrogen) atoms. The van der Waals surface area contributed by atoms with E-state index in [1.165, 1.54) is 18.2 Å². The van der Waals surface area contributed by atoms with E-state index in [1.54, 1.807) is 36.0 Å². The second-order valence-corrected chi connectivity index (χ2v) is 7.03. The molecule has 0 radical (unpaired) electrons. The highest BCUT2D eigenvalue weighted by Crippen LogP contribution is 2.36. The molecule has 0 aromatic heterocycles. The number of thioether (sulfide) groups is 1. The number of para-hydroxylation sites is 2. The SMILES string of the molecule is O=C(CCNc1ccccc1[N+](=O)[O-])NC1CCSc2ccc(F)cc21. The summed E-state index contributed by atoms with van der Waals surface area (Å²) in [6, 6.07) is 10.7. The predicted molar refractivity (Wildman–Crippen MR) is 98.8 cm³/mol. The first-order chi connectivity index (χ1) is 12.5. The van der Waals surface area contributed by atoms with Crippen molar-refractivity contribution in [3.8, 4) is 0 Å². The van der Waals surface area contributed by atoms with E-state index < -0.39 is 4.92 Å². The molecule has 2 aromatic carbocycles. The number of nitrogens with one attached hydrogen (secondary N) is 2. The largest absolute Gasteiger partial charge is 0.379 e. The fourth-order valence-electron chi connectivity index (χ4n) is 2.87. The van der Waals surface area contributed by atoms with Gasteiger partial charge in [-0.3, -0.25) is 14.9 Å². The summed E-state index contributed by atoms with van der Waals surface area (Å²) in [5.41, 5.74) is 1.16. The molecule has 1 amide bonds. The number of nitrogens with zero attached hydrogens (tertiary/aromatic N) is 1. The zero-order valence-corrected chi connectivity index (χ0v) is 14.7. The Bertz CT molecular complexity index is 831.